The number of rotatable bonds is 7. The molecule has 1 atom stereocenters. The van der Waals surface area contributed by atoms with Gasteiger partial charge in [-0.25, -0.2) is 0 Å². The Hall–Kier alpha value is -2.71. The first-order chi connectivity index (χ1) is 12.7. The van der Waals surface area contributed by atoms with Gasteiger partial charge in [0.1, 0.15) is 23.0 Å². The van der Waals surface area contributed by atoms with Crippen molar-refractivity contribution < 1.29 is 37.6 Å². The molecule has 2 aromatic carbocycles. The largest absolute Gasteiger partial charge is 0.497 e. The maximum atomic E-state index is 12.6. The highest BCUT2D eigenvalue weighted by atomic mass is 19.4. The van der Waals surface area contributed by atoms with E-state index in [2.05, 4.69) is 0 Å². The molecular weight excluding hydrogens is 365 g/mol. The molecule has 146 valence electrons. The van der Waals surface area contributed by atoms with Crippen molar-refractivity contribution in [2.24, 2.45) is 0 Å². The molecule has 0 aliphatic heterocycles. The molecule has 0 radical (unpaired) electrons. The second kappa shape index (κ2) is 8.79. The minimum absolute atomic E-state index is 0.245. The highest BCUT2D eigenvalue weighted by molar-refractivity contribution is 5.37. The topological polar surface area (TPSA) is 68.2 Å². The molecule has 0 heterocycles. The Bertz CT molecular complexity index is 752. The average Bonchev–Trinajstić information content (AvgIpc) is 2.60. The molecule has 0 fully saturated rings. The van der Waals surface area contributed by atoms with Gasteiger partial charge in [-0.2, -0.15) is 13.2 Å². The van der Waals surface area contributed by atoms with Crippen molar-refractivity contribution in [3.8, 4) is 17.2 Å². The van der Waals surface area contributed by atoms with Crippen LogP contribution in [0.3, 0.4) is 0 Å². The van der Waals surface area contributed by atoms with Gasteiger partial charge >= 0.3 is 6.18 Å². The Morgan fingerprint density at radius 1 is 0.926 bits per heavy atom. The van der Waals surface area contributed by atoms with E-state index < -0.39 is 24.1 Å². The summed E-state index contributed by atoms with van der Waals surface area (Å²) in [5.74, 6) is 1.40. The molecule has 0 bridgehead atoms. The van der Waals surface area contributed by atoms with Gasteiger partial charge < -0.3 is 24.4 Å². The summed E-state index contributed by atoms with van der Waals surface area (Å²) in [4.78, 5) is 0. The summed E-state index contributed by atoms with van der Waals surface area (Å²) >= 11 is 0. The van der Waals surface area contributed by atoms with Gasteiger partial charge in [-0.1, -0.05) is 0 Å². The van der Waals surface area contributed by atoms with E-state index in [0.717, 1.165) is 18.2 Å². The van der Waals surface area contributed by atoms with Crippen molar-refractivity contribution in [2.45, 2.75) is 25.5 Å². The third-order valence-corrected chi connectivity index (χ3v) is 3.50. The van der Waals surface area contributed by atoms with E-state index in [4.69, 9.17) is 24.4 Å². The fourth-order valence-corrected chi connectivity index (χ4v) is 2.21. The van der Waals surface area contributed by atoms with Crippen LogP contribution in [-0.4, -0.2) is 29.7 Å². The molecule has 0 aromatic heterocycles. The Morgan fingerprint density at radius 2 is 1.41 bits per heavy atom. The second-order valence-corrected chi connectivity index (χ2v) is 5.54. The minimum Gasteiger partial charge on any atom is -0.497 e. The molecule has 2 aromatic rings. The molecule has 5 nitrogen and oxygen atoms in total. The lowest BCUT2D eigenvalue weighted by Crippen LogP contribution is -2.18. The Balaban J connectivity index is 2.01. The molecule has 2 N–H and O–H groups in total. The molecule has 0 spiro atoms. The minimum atomic E-state index is -4.39. The van der Waals surface area contributed by atoms with E-state index in [-0.39, 0.29) is 11.5 Å². The van der Waals surface area contributed by atoms with Gasteiger partial charge in [0.2, 0.25) is 0 Å². The summed E-state index contributed by atoms with van der Waals surface area (Å²) in [6, 6.07) is 10.8. The van der Waals surface area contributed by atoms with Gasteiger partial charge in [0, 0.05) is 6.08 Å². The Morgan fingerprint density at radius 3 is 1.85 bits per heavy atom. The highest BCUT2D eigenvalue weighted by Gasteiger charge is 2.30. The molecule has 2 rings (SSSR count). The maximum absolute atomic E-state index is 12.6. The standard InChI is InChI=1S/C19H19F3O5/c1-12(17(25-2)11-18(23)24)26-14-7-9-16(10-8-14)27-15-5-3-13(4-6-15)19(20,21)22/h3-12,18,23-24H,1-2H3. The summed E-state index contributed by atoms with van der Waals surface area (Å²) in [7, 11) is 1.38. The summed E-state index contributed by atoms with van der Waals surface area (Å²) < 4.78 is 53.8. The third-order valence-electron chi connectivity index (χ3n) is 3.50. The molecular formula is C19H19F3O5. The first-order valence-electron chi connectivity index (χ1n) is 7.92. The number of hydrogen-bond acceptors (Lipinski definition) is 5. The van der Waals surface area contributed by atoms with Gasteiger partial charge in [-0.05, 0) is 55.5 Å². The van der Waals surface area contributed by atoms with E-state index >= 15 is 0 Å². The number of alkyl halides is 3. The van der Waals surface area contributed by atoms with Gasteiger partial charge in [0.15, 0.2) is 12.4 Å². The van der Waals surface area contributed by atoms with Gasteiger partial charge in [-0.15, -0.1) is 0 Å². The van der Waals surface area contributed by atoms with Gasteiger partial charge in [0.25, 0.3) is 0 Å². The van der Waals surface area contributed by atoms with Crippen LogP contribution < -0.4 is 9.47 Å². The SMILES string of the molecule is COC(=CC(O)O)C(C)Oc1ccc(Oc2ccc(C(F)(F)F)cc2)cc1. The molecule has 27 heavy (non-hydrogen) atoms. The number of methoxy groups -OCH3 is 1. The van der Waals surface area contributed by atoms with Crippen molar-refractivity contribution in [2.75, 3.05) is 7.11 Å². The first kappa shape index (κ1) is 20.6. The normalized spacial score (nSPS) is 13.4. The summed E-state index contributed by atoms with van der Waals surface area (Å²) in [5.41, 5.74) is -0.748. The molecule has 1 unspecified atom stereocenters. The second-order valence-electron chi connectivity index (χ2n) is 5.54. The van der Waals surface area contributed by atoms with Crippen LogP contribution in [0, 0.1) is 0 Å². The zero-order chi connectivity index (χ0) is 20.0. The fraction of sp³-hybridized carbons (Fsp3) is 0.263. The van der Waals surface area contributed by atoms with Gasteiger partial charge in [0.05, 0.1) is 12.7 Å². The summed E-state index contributed by atoms with van der Waals surface area (Å²) in [5, 5.41) is 17.9. The first-order valence-corrected chi connectivity index (χ1v) is 7.92. The number of ether oxygens (including phenoxy) is 3. The van der Waals surface area contributed by atoms with E-state index in [9.17, 15) is 13.2 Å². The summed E-state index contributed by atoms with van der Waals surface area (Å²) in [6.07, 6.45) is -5.52. The van der Waals surface area contributed by atoms with Crippen molar-refractivity contribution in [1.29, 1.82) is 0 Å². The lowest BCUT2D eigenvalue weighted by Gasteiger charge is -2.18. The molecule has 0 amide bonds. The van der Waals surface area contributed by atoms with Crippen molar-refractivity contribution in [3.63, 3.8) is 0 Å². The van der Waals surface area contributed by atoms with Crippen molar-refractivity contribution >= 4 is 0 Å². The number of aliphatic hydroxyl groups is 2. The smallest absolute Gasteiger partial charge is 0.416 e. The summed E-state index contributed by atoms with van der Waals surface area (Å²) in [6.45, 7) is 1.67. The van der Waals surface area contributed by atoms with Crippen LogP contribution in [0.15, 0.2) is 60.4 Å². The molecule has 0 saturated heterocycles. The van der Waals surface area contributed by atoms with Crippen molar-refractivity contribution in [1.82, 2.24) is 0 Å². The van der Waals surface area contributed by atoms with Crippen LogP contribution in [0.2, 0.25) is 0 Å². The molecule has 0 aliphatic rings. The number of aliphatic hydroxyl groups excluding tert-OH is 1. The monoisotopic (exact) mass is 384 g/mol. The molecule has 0 aliphatic carbocycles. The van der Waals surface area contributed by atoms with Crippen molar-refractivity contribution in [3.05, 3.63) is 65.9 Å². The van der Waals surface area contributed by atoms with E-state index in [1.807, 2.05) is 0 Å². The van der Waals surface area contributed by atoms with Crippen LogP contribution in [0.5, 0.6) is 17.2 Å². The van der Waals surface area contributed by atoms with E-state index in [0.29, 0.717) is 11.5 Å². The van der Waals surface area contributed by atoms with Crippen LogP contribution in [-0.2, 0) is 10.9 Å². The van der Waals surface area contributed by atoms with Crippen LogP contribution in [0.25, 0.3) is 0 Å². The van der Waals surface area contributed by atoms with Crippen LogP contribution >= 0.6 is 0 Å². The maximum Gasteiger partial charge on any atom is 0.416 e. The van der Waals surface area contributed by atoms with Gasteiger partial charge in [-0.3, -0.25) is 0 Å². The zero-order valence-corrected chi connectivity index (χ0v) is 14.6. The number of benzene rings is 2. The lowest BCUT2D eigenvalue weighted by molar-refractivity contribution is -0.137. The number of hydrogen-bond donors (Lipinski definition) is 2. The predicted molar refractivity (Wildman–Crippen MR) is 91.4 cm³/mol. The predicted octanol–water partition coefficient (Wildman–Crippen LogP) is 4.11. The highest BCUT2D eigenvalue weighted by Crippen LogP contribution is 2.31. The van der Waals surface area contributed by atoms with Crippen LogP contribution in [0.1, 0.15) is 12.5 Å². The number of halogens is 3. The fourth-order valence-electron chi connectivity index (χ4n) is 2.21. The molecule has 0 saturated carbocycles. The quantitative estimate of drug-likeness (QED) is 0.556. The molecule has 8 heteroatoms. The third kappa shape index (κ3) is 6.19. The Kier molecular flexibility index (Phi) is 6.70. The van der Waals surface area contributed by atoms with E-state index in [1.165, 1.54) is 19.2 Å². The van der Waals surface area contributed by atoms with E-state index in [1.54, 1.807) is 31.2 Å². The average molecular weight is 384 g/mol. The Labute approximate surface area is 154 Å². The van der Waals surface area contributed by atoms with Crippen LogP contribution in [0.4, 0.5) is 13.2 Å². The zero-order valence-electron chi connectivity index (χ0n) is 14.6. The lowest BCUT2D eigenvalue weighted by atomic mass is 10.2.